The summed E-state index contributed by atoms with van der Waals surface area (Å²) < 4.78 is 7.84. The van der Waals surface area contributed by atoms with Gasteiger partial charge in [-0.05, 0) is 49.4 Å². The van der Waals surface area contributed by atoms with E-state index in [1.807, 2.05) is 29.2 Å². The summed E-state index contributed by atoms with van der Waals surface area (Å²) in [6.45, 7) is 11.7. The molecule has 0 aromatic heterocycles. The van der Waals surface area contributed by atoms with Crippen LogP contribution in [0.5, 0.6) is 0 Å². The molecule has 0 aliphatic carbocycles. The second-order valence-corrected chi connectivity index (χ2v) is 14.7. The van der Waals surface area contributed by atoms with Crippen LogP contribution >= 0.6 is 15.9 Å². The van der Waals surface area contributed by atoms with Gasteiger partial charge in [-0.3, -0.25) is 4.79 Å². The molecule has 0 unspecified atom stereocenters. The van der Waals surface area contributed by atoms with Crippen LogP contribution < -0.4 is 15.3 Å². The van der Waals surface area contributed by atoms with Crippen molar-refractivity contribution in [3.8, 4) is 0 Å². The van der Waals surface area contributed by atoms with Gasteiger partial charge < -0.3 is 9.33 Å². The van der Waals surface area contributed by atoms with Crippen LogP contribution in [0.15, 0.2) is 95.5 Å². The van der Waals surface area contributed by atoms with Gasteiger partial charge in [0.25, 0.3) is 14.2 Å². The van der Waals surface area contributed by atoms with Gasteiger partial charge >= 0.3 is 0 Å². The highest BCUT2D eigenvalue weighted by atomic mass is 79.9. The van der Waals surface area contributed by atoms with Crippen LogP contribution in [0.4, 0.5) is 5.69 Å². The minimum atomic E-state index is -2.72. The smallest absolute Gasteiger partial charge is 0.261 e. The van der Waals surface area contributed by atoms with Crippen LogP contribution in [0.3, 0.4) is 0 Å². The molecule has 1 heterocycles. The van der Waals surface area contributed by atoms with Gasteiger partial charge in [-0.25, -0.2) is 0 Å². The van der Waals surface area contributed by atoms with Crippen molar-refractivity contribution in [3.63, 3.8) is 0 Å². The normalized spacial score (nSPS) is 13.6. The number of rotatable bonds is 6. The lowest BCUT2D eigenvalue weighted by atomic mass is 10.2. The van der Waals surface area contributed by atoms with Gasteiger partial charge in [0.05, 0.1) is 12.3 Å². The molecule has 0 bridgehead atoms. The first kappa shape index (κ1) is 23.7. The van der Waals surface area contributed by atoms with Gasteiger partial charge in [-0.2, -0.15) is 0 Å². The minimum absolute atomic E-state index is 0.0708. The van der Waals surface area contributed by atoms with Crippen LogP contribution in [0.25, 0.3) is 0 Å². The van der Waals surface area contributed by atoms with E-state index in [2.05, 4.69) is 97.9 Å². The van der Waals surface area contributed by atoms with E-state index in [-0.39, 0.29) is 17.6 Å². The molecule has 0 atom stereocenters. The number of carbonyl (C=O) groups is 1. The lowest BCUT2D eigenvalue weighted by Gasteiger charge is -2.43. The van der Waals surface area contributed by atoms with Crippen LogP contribution in [-0.2, 0) is 15.6 Å². The number of benzene rings is 3. The zero-order valence-corrected chi connectivity index (χ0v) is 22.1. The zero-order chi connectivity index (χ0) is 23.6. The minimum Gasteiger partial charge on any atom is -0.403 e. The average molecular weight is 521 g/mol. The van der Waals surface area contributed by atoms with E-state index in [9.17, 15) is 4.79 Å². The Morgan fingerprint density at radius 1 is 0.970 bits per heavy atom. The first-order valence-corrected chi connectivity index (χ1v) is 14.0. The Morgan fingerprint density at radius 2 is 1.55 bits per heavy atom. The quantitative estimate of drug-likeness (QED) is 0.319. The summed E-state index contributed by atoms with van der Waals surface area (Å²) >= 11 is 3.62. The number of para-hydroxylation sites is 1. The number of hydrogen-bond acceptors (Lipinski definition) is 2. The summed E-state index contributed by atoms with van der Waals surface area (Å²) in [5.41, 5.74) is 2.61. The second kappa shape index (κ2) is 9.41. The van der Waals surface area contributed by atoms with Gasteiger partial charge in [0.2, 0.25) is 0 Å². The Kier molecular flexibility index (Phi) is 6.75. The van der Waals surface area contributed by atoms with Crippen molar-refractivity contribution in [2.45, 2.75) is 32.2 Å². The maximum absolute atomic E-state index is 13.4. The maximum atomic E-state index is 13.4. The van der Waals surface area contributed by atoms with Crippen molar-refractivity contribution in [3.05, 3.63) is 101 Å². The fourth-order valence-corrected chi connectivity index (χ4v) is 9.99. The molecule has 33 heavy (non-hydrogen) atoms. The lowest BCUT2D eigenvalue weighted by Crippen LogP contribution is -2.66. The second-order valence-electron chi connectivity index (χ2n) is 9.51. The highest BCUT2D eigenvalue weighted by Gasteiger charge is 2.50. The van der Waals surface area contributed by atoms with Gasteiger partial charge in [0.1, 0.15) is 0 Å². The SMILES string of the molecule is C=C(CO[Si](c1ccccc1)(c1ccccc1)C(C)(C)C)C(=O)N1CCc2cccc(Br)c21. The molecular formula is C28H30BrNO2Si. The Morgan fingerprint density at radius 3 is 2.09 bits per heavy atom. The van der Waals surface area contributed by atoms with E-state index in [4.69, 9.17) is 4.43 Å². The highest BCUT2D eigenvalue weighted by molar-refractivity contribution is 9.10. The molecule has 0 saturated heterocycles. The van der Waals surface area contributed by atoms with E-state index in [1.165, 1.54) is 15.9 Å². The van der Waals surface area contributed by atoms with E-state index in [1.54, 1.807) is 0 Å². The Bertz CT molecular complexity index is 1120. The van der Waals surface area contributed by atoms with Crippen LogP contribution in [0, 0.1) is 0 Å². The molecule has 1 aliphatic heterocycles. The van der Waals surface area contributed by atoms with E-state index < -0.39 is 8.32 Å². The third kappa shape index (κ3) is 4.37. The van der Waals surface area contributed by atoms with Crippen molar-refractivity contribution in [1.29, 1.82) is 0 Å². The summed E-state index contributed by atoms with van der Waals surface area (Å²) in [7, 11) is -2.72. The fourth-order valence-electron chi connectivity index (χ4n) is 4.82. The number of hydrogen-bond donors (Lipinski definition) is 0. The van der Waals surface area contributed by atoms with E-state index >= 15 is 0 Å². The third-order valence-electron chi connectivity index (χ3n) is 6.37. The average Bonchev–Trinajstić information content (AvgIpc) is 3.25. The molecule has 0 radical (unpaired) electrons. The molecule has 4 rings (SSSR count). The number of halogens is 1. The van der Waals surface area contributed by atoms with Crippen LogP contribution in [0.2, 0.25) is 5.04 Å². The van der Waals surface area contributed by atoms with Gasteiger partial charge in [-0.15, -0.1) is 0 Å². The van der Waals surface area contributed by atoms with Gasteiger partial charge in [0.15, 0.2) is 0 Å². The molecule has 3 nitrogen and oxygen atoms in total. The Labute approximate surface area is 206 Å². The molecule has 1 amide bonds. The molecule has 0 spiro atoms. The molecule has 3 aromatic carbocycles. The van der Waals surface area contributed by atoms with E-state index in [0.717, 1.165) is 16.6 Å². The monoisotopic (exact) mass is 519 g/mol. The van der Waals surface area contributed by atoms with Crippen molar-refractivity contribution in [2.24, 2.45) is 0 Å². The summed E-state index contributed by atoms with van der Waals surface area (Å²) in [6, 6.07) is 27.0. The van der Waals surface area contributed by atoms with E-state index in [0.29, 0.717) is 12.1 Å². The van der Waals surface area contributed by atoms with Gasteiger partial charge in [-0.1, -0.05) is 100 Å². The number of nitrogens with zero attached hydrogens (tertiary/aromatic N) is 1. The molecule has 3 aromatic rings. The predicted octanol–water partition coefficient (Wildman–Crippen LogP) is 5.47. The van der Waals surface area contributed by atoms with Gasteiger partial charge in [0, 0.05) is 16.6 Å². The Balaban J connectivity index is 1.66. The van der Waals surface area contributed by atoms with Crippen molar-refractivity contribution in [1.82, 2.24) is 0 Å². The summed E-state index contributed by atoms with van der Waals surface area (Å²) in [6.07, 6.45) is 0.851. The molecule has 1 aliphatic rings. The van der Waals surface area contributed by atoms with Crippen LogP contribution in [-0.4, -0.2) is 27.4 Å². The van der Waals surface area contributed by atoms with Crippen molar-refractivity contribution in [2.75, 3.05) is 18.1 Å². The molecule has 0 N–H and O–H groups in total. The zero-order valence-electron chi connectivity index (χ0n) is 19.5. The maximum Gasteiger partial charge on any atom is 0.261 e. The molecule has 0 saturated carbocycles. The number of fused-ring (bicyclic) bond motifs is 1. The first-order valence-electron chi connectivity index (χ1n) is 11.3. The fraction of sp³-hybridized carbons (Fsp3) is 0.250. The standard InChI is InChI=1S/C28H30BrNO2Si/c1-21(27(31)30-19-18-22-12-11-17-25(29)26(22)30)20-32-33(28(2,3)4,23-13-7-5-8-14-23)24-15-9-6-10-16-24/h5-17H,1,18-20H2,2-4H3. The first-order chi connectivity index (χ1) is 15.8. The molecular weight excluding hydrogens is 490 g/mol. The van der Waals surface area contributed by atoms with Crippen molar-refractivity contribution >= 4 is 46.2 Å². The summed E-state index contributed by atoms with van der Waals surface area (Å²) in [5.74, 6) is -0.0708. The summed E-state index contributed by atoms with van der Waals surface area (Å²) in [4.78, 5) is 15.3. The number of anilines is 1. The number of carbonyl (C=O) groups excluding carboxylic acids is 1. The predicted molar refractivity (Wildman–Crippen MR) is 143 cm³/mol. The Hall–Kier alpha value is -2.47. The molecule has 0 fully saturated rings. The highest BCUT2D eigenvalue weighted by Crippen LogP contribution is 2.38. The topological polar surface area (TPSA) is 29.5 Å². The van der Waals surface area contributed by atoms with Crippen molar-refractivity contribution < 1.29 is 9.22 Å². The molecule has 5 heteroatoms. The summed E-state index contributed by atoms with van der Waals surface area (Å²) in [5, 5.41) is 2.24. The lowest BCUT2D eigenvalue weighted by molar-refractivity contribution is -0.115. The third-order valence-corrected chi connectivity index (χ3v) is 12.0. The number of amides is 1. The molecule has 170 valence electrons. The van der Waals surface area contributed by atoms with Crippen LogP contribution in [0.1, 0.15) is 26.3 Å². The largest absolute Gasteiger partial charge is 0.403 e.